The molecule has 2 amide bonds. The third-order valence-electron chi connectivity index (χ3n) is 6.23. The van der Waals surface area contributed by atoms with Gasteiger partial charge < -0.3 is 10.4 Å². The monoisotopic (exact) mass is 429 g/mol. The fourth-order valence-corrected chi connectivity index (χ4v) is 4.54. The lowest BCUT2D eigenvalue weighted by molar-refractivity contribution is -0.144. The minimum absolute atomic E-state index is 0.209. The Morgan fingerprint density at radius 2 is 2.03 bits per heavy atom. The van der Waals surface area contributed by atoms with E-state index in [0.717, 1.165) is 30.5 Å². The van der Waals surface area contributed by atoms with Crippen LogP contribution in [-0.2, 0) is 27.9 Å². The average molecular weight is 429 g/mol. The highest BCUT2D eigenvalue weighted by Crippen LogP contribution is 2.24. The number of nitrogens with one attached hydrogen (secondary N) is 2. The number of piperazine rings is 1. The Bertz CT molecular complexity index is 1090. The van der Waals surface area contributed by atoms with Crippen molar-refractivity contribution in [3.05, 3.63) is 34.2 Å². The summed E-state index contributed by atoms with van der Waals surface area (Å²) in [6.45, 7) is 2.63. The lowest BCUT2D eigenvalue weighted by atomic mass is 10.0. The molecule has 0 bridgehead atoms. The van der Waals surface area contributed by atoms with Gasteiger partial charge in [-0.05, 0) is 43.5 Å². The van der Waals surface area contributed by atoms with Gasteiger partial charge in [-0.15, -0.1) is 0 Å². The number of carboxylic acid groups (broad SMARTS) is 1. The predicted molar refractivity (Wildman–Crippen MR) is 113 cm³/mol. The average Bonchev–Trinajstić information content (AvgIpc) is 2.99. The second-order valence-electron chi connectivity index (χ2n) is 8.20. The van der Waals surface area contributed by atoms with E-state index in [1.54, 1.807) is 7.05 Å². The van der Waals surface area contributed by atoms with Crippen LogP contribution in [0.1, 0.15) is 30.9 Å². The molecular formula is C21H27N5O5. The van der Waals surface area contributed by atoms with Crippen molar-refractivity contribution in [3.63, 3.8) is 0 Å². The number of benzene rings is 1. The molecule has 166 valence electrons. The van der Waals surface area contributed by atoms with Crippen molar-refractivity contribution >= 4 is 28.8 Å². The molecule has 2 aliphatic rings. The minimum Gasteiger partial charge on any atom is -0.480 e. The maximum atomic E-state index is 12.8. The Balaban J connectivity index is 1.50. The number of nitrogens with zero attached hydrogens (tertiary/aromatic N) is 3. The molecular weight excluding hydrogens is 402 g/mol. The van der Waals surface area contributed by atoms with Crippen molar-refractivity contribution in [2.24, 2.45) is 7.05 Å². The summed E-state index contributed by atoms with van der Waals surface area (Å²) in [6, 6.07) is 4.54. The summed E-state index contributed by atoms with van der Waals surface area (Å²) in [7, 11) is 1.68. The van der Waals surface area contributed by atoms with Crippen LogP contribution in [0.4, 0.5) is 0 Å². The summed E-state index contributed by atoms with van der Waals surface area (Å²) in [5, 5.41) is 14.8. The number of imide groups is 1. The van der Waals surface area contributed by atoms with E-state index in [-0.39, 0.29) is 18.0 Å². The summed E-state index contributed by atoms with van der Waals surface area (Å²) in [6.07, 6.45) is 2.07. The molecule has 2 atom stereocenters. The number of aromatic nitrogens is 2. The van der Waals surface area contributed by atoms with E-state index in [1.807, 2.05) is 23.1 Å². The Morgan fingerprint density at radius 1 is 1.23 bits per heavy atom. The number of piperidine rings is 1. The van der Waals surface area contributed by atoms with E-state index < -0.39 is 24.0 Å². The Labute approximate surface area is 178 Å². The van der Waals surface area contributed by atoms with Gasteiger partial charge >= 0.3 is 11.7 Å². The van der Waals surface area contributed by atoms with Crippen molar-refractivity contribution in [3.8, 4) is 0 Å². The number of hydrogen-bond acceptors (Lipinski definition) is 6. The first-order chi connectivity index (χ1) is 14.9. The summed E-state index contributed by atoms with van der Waals surface area (Å²) < 4.78 is 3.00. The molecule has 1 aromatic heterocycles. The highest BCUT2D eigenvalue weighted by molar-refractivity contribution is 6.00. The fraction of sp³-hybridized carbons (Fsp3) is 0.524. The number of aliphatic carboxylic acids is 1. The van der Waals surface area contributed by atoms with Gasteiger partial charge in [-0.25, -0.2) is 4.79 Å². The van der Waals surface area contributed by atoms with Gasteiger partial charge in [0.2, 0.25) is 11.8 Å². The zero-order valence-electron chi connectivity index (χ0n) is 17.5. The smallest absolute Gasteiger partial charge is 0.329 e. The Morgan fingerprint density at radius 3 is 2.77 bits per heavy atom. The van der Waals surface area contributed by atoms with Gasteiger partial charge in [0, 0.05) is 33.1 Å². The molecule has 1 aromatic carbocycles. The number of carboxylic acids is 1. The molecule has 4 rings (SSSR count). The second kappa shape index (κ2) is 8.64. The summed E-state index contributed by atoms with van der Waals surface area (Å²) >= 11 is 0. The largest absolute Gasteiger partial charge is 0.480 e. The standard InChI is InChI=1S/C21H27N5O5/c1-24-16-11-13(3-2-9-25-10-8-22-12-17(25)20(29)30)4-5-14(16)26(21(24)31)15-6-7-18(27)23-19(15)28/h4-5,11,15,17,22H,2-3,6-10,12H2,1H3,(H,29,30)(H,23,27,28)/t15?,17-/m1/s1. The molecule has 0 saturated carbocycles. The number of rotatable bonds is 6. The Hall–Kier alpha value is -2.98. The molecule has 2 fully saturated rings. The molecule has 2 saturated heterocycles. The number of aryl methyl sites for hydroxylation is 2. The zero-order valence-corrected chi connectivity index (χ0v) is 17.5. The molecule has 2 aliphatic heterocycles. The van der Waals surface area contributed by atoms with Gasteiger partial charge in [0.15, 0.2) is 0 Å². The first-order valence-electron chi connectivity index (χ1n) is 10.6. The SMILES string of the molecule is Cn1c(=O)n(C2CCC(=O)NC2=O)c2ccc(CCCN3CCNC[C@@H]3C(=O)O)cc21. The van der Waals surface area contributed by atoms with E-state index >= 15 is 0 Å². The lowest BCUT2D eigenvalue weighted by Gasteiger charge is -2.33. The van der Waals surface area contributed by atoms with Crippen molar-refractivity contribution < 1.29 is 19.5 Å². The van der Waals surface area contributed by atoms with Crippen molar-refractivity contribution in [1.82, 2.24) is 24.7 Å². The van der Waals surface area contributed by atoms with Gasteiger partial charge in [-0.3, -0.25) is 33.7 Å². The molecule has 2 aromatic rings. The summed E-state index contributed by atoms with van der Waals surface area (Å²) in [4.78, 5) is 50.0. The first-order valence-corrected chi connectivity index (χ1v) is 10.6. The molecule has 0 aliphatic carbocycles. The molecule has 3 heterocycles. The molecule has 0 radical (unpaired) electrons. The zero-order chi connectivity index (χ0) is 22.1. The van der Waals surface area contributed by atoms with Crippen molar-refractivity contribution in [2.45, 2.75) is 37.8 Å². The van der Waals surface area contributed by atoms with Crippen molar-refractivity contribution in [1.29, 1.82) is 0 Å². The molecule has 1 unspecified atom stereocenters. The van der Waals surface area contributed by atoms with Gasteiger partial charge in [0.05, 0.1) is 11.0 Å². The van der Waals surface area contributed by atoms with E-state index in [0.29, 0.717) is 31.6 Å². The third kappa shape index (κ3) is 4.13. The van der Waals surface area contributed by atoms with Crippen LogP contribution in [0.25, 0.3) is 11.0 Å². The quantitative estimate of drug-likeness (QED) is 0.534. The summed E-state index contributed by atoms with van der Waals surface area (Å²) in [5.74, 6) is -1.57. The highest BCUT2D eigenvalue weighted by atomic mass is 16.4. The van der Waals surface area contributed by atoms with Crippen LogP contribution in [0.2, 0.25) is 0 Å². The van der Waals surface area contributed by atoms with Crippen LogP contribution in [0.15, 0.2) is 23.0 Å². The maximum Gasteiger partial charge on any atom is 0.329 e. The van der Waals surface area contributed by atoms with Crippen LogP contribution < -0.4 is 16.3 Å². The number of carbonyl (C=O) groups is 3. The van der Waals surface area contributed by atoms with E-state index in [4.69, 9.17) is 0 Å². The fourth-order valence-electron chi connectivity index (χ4n) is 4.54. The predicted octanol–water partition coefficient (Wildman–Crippen LogP) is -0.391. The minimum atomic E-state index is -0.807. The molecule has 3 N–H and O–H groups in total. The van der Waals surface area contributed by atoms with Crippen LogP contribution in [-0.4, -0.2) is 69.1 Å². The molecule has 10 nitrogen and oxygen atoms in total. The van der Waals surface area contributed by atoms with E-state index in [1.165, 1.54) is 9.13 Å². The summed E-state index contributed by atoms with van der Waals surface area (Å²) in [5.41, 5.74) is 2.16. The van der Waals surface area contributed by atoms with Gasteiger partial charge in [0.1, 0.15) is 12.1 Å². The van der Waals surface area contributed by atoms with E-state index in [9.17, 15) is 24.3 Å². The molecule has 10 heteroatoms. The Kier molecular flexibility index (Phi) is 5.92. The van der Waals surface area contributed by atoms with Gasteiger partial charge in [-0.2, -0.15) is 0 Å². The molecule has 31 heavy (non-hydrogen) atoms. The topological polar surface area (TPSA) is 126 Å². The molecule has 0 spiro atoms. The second-order valence-corrected chi connectivity index (χ2v) is 8.20. The third-order valence-corrected chi connectivity index (χ3v) is 6.23. The number of imidazole rings is 1. The number of carbonyl (C=O) groups excluding carboxylic acids is 2. The van der Waals surface area contributed by atoms with Crippen LogP contribution in [0.5, 0.6) is 0 Å². The highest BCUT2D eigenvalue weighted by Gasteiger charge is 2.31. The number of hydrogen-bond donors (Lipinski definition) is 3. The van der Waals surface area contributed by atoms with E-state index in [2.05, 4.69) is 10.6 Å². The number of amides is 2. The van der Waals surface area contributed by atoms with Gasteiger partial charge in [-0.1, -0.05) is 6.07 Å². The van der Waals surface area contributed by atoms with Crippen LogP contribution in [0.3, 0.4) is 0 Å². The van der Waals surface area contributed by atoms with Crippen molar-refractivity contribution in [2.75, 3.05) is 26.2 Å². The lowest BCUT2D eigenvalue weighted by Crippen LogP contribution is -2.55. The maximum absolute atomic E-state index is 12.8. The normalized spacial score (nSPS) is 22.6. The first kappa shape index (κ1) is 21.3. The van der Waals surface area contributed by atoms with Gasteiger partial charge in [0.25, 0.3) is 0 Å². The van der Waals surface area contributed by atoms with Crippen LogP contribution in [0, 0.1) is 0 Å². The number of fused-ring (bicyclic) bond motifs is 1. The van der Waals surface area contributed by atoms with Crippen LogP contribution >= 0.6 is 0 Å².